The van der Waals surface area contributed by atoms with E-state index < -0.39 is 10.0 Å². The summed E-state index contributed by atoms with van der Waals surface area (Å²) in [7, 11) is -3.75. The quantitative estimate of drug-likeness (QED) is 0.788. The Morgan fingerprint density at radius 1 is 1.17 bits per heavy atom. The molecule has 2 rings (SSSR count). The highest BCUT2D eigenvalue weighted by Crippen LogP contribution is 2.27. The molecule has 6 nitrogen and oxygen atoms in total. The lowest BCUT2D eigenvalue weighted by atomic mass is 10.1. The van der Waals surface area contributed by atoms with Crippen LogP contribution >= 0.6 is 15.9 Å². The molecule has 128 valence electrons. The van der Waals surface area contributed by atoms with E-state index in [0.29, 0.717) is 11.4 Å². The maximum absolute atomic E-state index is 12.0. The third-order valence-electron chi connectivity index (χ3n) is 3.24. The number of carbonyl (C=O) groups is 1. The SMILES string of the molecule is Cc1cc(Br)cc(C)c1OCC(=O)Nc1ccc(S(N)(=O)=O)cc1. The Hall–Kier alpha value is -1.90. The zero-order chi connectivity index (χ0) is 17.9. The first kappa shape index (κ1) is 18.4. The number of nitrogens with one attached hydrogen (secondary N) is 1. The standard InChI is InChI=1S/C16H17BrN2O4S/c1-10-7-12(17)8-11(2)16(10)23-9-15(20)19-13-3-5-14(6-4-13)24(18,21)22/h3-8H,9H2,1-2H3,(H,19,20)(H2,18,21,22). The summed E-state index contributed by atoms with van der Waals surface area (Å²) >= 11 is 3.40. The molecule has 1 amide bonds. The monoisotopic (exact) mass is 412 g/mol. The molecule has 0 aliphatic rings. The molecule has 0 bridgehead atoms. The van der Waals surface area contributed by atoms with Crippen LogP contribution in [0.25, 0.3) is 0 Å². The number of primary sulfonamides is 1. The van der Waals surface area contributed by atoms with Gasteiger partial charge >= 0.3 is 0 Å². The van der Waals surface area contributed by atoms with Gasteiger partial charge in [-0.05, 0) is 61.4 Å². The lowest BCUT2D eigenvalue weighted by molar-refractivity contribution is -0.118. The molecule has 0 saturated heterocycles. The summed E-state index contributed by atoms with van der Waals surface area (Å²) in [6, 6.07) is 9.41. The molecule has 0 heterocycles. The molecule has 0 atom stereocenters. The minimum absolute atomic E-state index is 0.0159. The van der Waals surface area contributed by atoms with Crippen LogP contribution in [0, 0.1) is 13.8 Å². The fourth-order valence-corrected chi connectivity index (χ4v) is 3.39. The van der Waals surface area contributed by atoms with Crippen molar-refractivity contribution in [3.63, 3.8) is 0 Å². The van der Waals surface area contributed by atoms with Crippen LogP contribution in [0.1, 0.15) is 11.1 Å². The van der Waals surface area contributed by atoms with Crippen molar-refractivity contribution in [3.05, 3.63) is 52.0 Å². The number of carbonyl (C=O) groups excluding carboxylic acids is 1. The molecule has 0 aliphatic heterocycles. The van der Waals surface area contributed by atoms with Crippen LogP contribution in [0.4, 0.5) is 5.69 Å². The Labute approximate surface area is 149 Å². The predicted molar refractivity (Wildman–Crippen MR) is 95.6 cm³/mol. The molecule has 0 fully saturated rings. The summed E-state index contributed by atoms with van der Waals surface area (Å²) in [5.74, 6) is 0.318. The molecular weight excluding hydrogens is 396 g/mol. The second-order valence-corrected chi connectivity index (χ2v) is 7.75. The van der Waals surface area contributed by atoms with E-state index in [1.807, 2.05) is 26.0 Å². The fourth-order valence-electron chi connectivity index (χ4n) is 2.19. The van der Waals surface area contributed by atoms with Crippen molar-refractivity contribution in [2.45, 2.75) is 18.7 Å². The molecule has 0 saturated carbocycles. The molecule has 0 aromatic heterocycles. The number of aryl methyl sites for hydroxylation is 2. The van der Waals surface area contributed by atoms with Gasteiger partial charge in [0, 0.05) is 10.2 Å². The molecule has 8 heteroatoms. The van der Waals surface area contributed by atoms with Crippen molar-refractivity contribution >= 4 is 37.5 Å². The average Bonchev–Trinajstić information content (AvgIpc) is 2.45. The first-order valence-electron chi connectivity index (χ1n) is 6.99. The molecule has 0 spiro atoms. The van der Waals surface area contributed by atoms with Crippen molar-refractivity contribution < 1.29 is 17.9 Å². The average molecular weight is 413 g/mol. The van der Waals surface area contributed by atoms with Gasteiger partial charge in [-0.3, -0.25) is 4.79 Å². The smallest absolute Gasteiger partial charge is 0.262 e. The van der Waals surface area contributed by atoms with Gasteiger partial charge in [0.15, 0.2) is 6.61 Å². The minimum Gasteiger partial charge on any atom is -0.483 e. The number of hydrogen-bond acceptors (Lipinski definition) is 4. The molecule has 0 radical (unpaired) electrons. The van der Waals surface area contributed by atoms with Gasteiger partial charge in [-0.25, -0.2) is 13.6 Å². The van der Waals surface area contributed by atoms with Crippen molar-refractivity contribution in [3.8, 4) is 5.75 Å². The van der Waals surface area contributed by atoms with Gasteiger partial charge in [-0.1, -0.05) is 15.9 Å². The van der Waals surface area contributed by atoms with Crippen molar-refractivity contribution in [2.24, 2.45) is 5.14 Å². The van der Waals surface area contributed by atoms with Crippen molar-refractivity contribution in [1.29, 1.82) is 0 Å². The number of amides is 1. The summed E-state index contributed by atoms with van der Waals surface area (Å²) in [5.41, 5.74) is 2.31. The van der Waals surface area contributed by atoms with Gasteiger partial charge in [0.1, 0.15) is 5.75 Å². The number of nitrogens with two attached hydrogens (primary N) is 1. The van der Waals surface area contributed by atoms with Crippen molar-refractivity contribution in [1.82, 2.24) is 0 Å². The zero-order valence-corrected chi connectivity index (χ0v) is 15.6. The summed E-state index contributed by atoms with van der Waals surface area (Å²) in [6.07, 6.45) is 0. The van der Waals surface area contributed by atoms with Gasteiger partial charge in [0.2, 0.25) is 10.0 Å². The number of benzene rings is 2. The normalized spacial score (nSPS) is 11.2. The highest BCUT2D eigenvalue weighted by Gasteiger charge is 2.10. The van der Waals surface area contributed by atoms with Gasteiger partial charge in [-0.2, -0.15) is 0 Å². The fraction of sp³-hybridized carbons (Fsp3) is 0.188. The third kappa shape index (κ3) is 4.80. The van der Waals surface area contributed by atoms with Crippen LogP contribution in [0.5, 0.6) is 5.75 Å². The molecule has 2 aromatic carbocycles. The summed E-state index contributed by atoms with van der Waals surface area (Å²) in [6.45, 7) is 3.65. The van der Waals surface area contributed by atoms with E-state index in [1.54, 1.807) is 0 Å². The third-order valence-corrected chi connectivity index (χ3v) is 4.63. The zero-order valence-electron chi connectivity index (χ0n) is 13.2. The Balaban J connectivity index is 1.99. The summed E-state index contributed by atoms with van der Waals surface area (Å²) in [4.78, 5) is 12.0. The van der Waals surface area contributed by atoms with E-state index in [-0.39, 0.29) is 17.4 Å². The maximum atomic E-state index is 12.0. The number of rotatable bonds is 5. The number of halogens is 1. The number of ether oxygens (including phenoxy) is 1. The van der Waals surface area contributed by atoms with E-state index in [9.17, 15) is 13.2 Å². The van der Waals surface area contributed by atoms with Crippen LogP contribution in [0.3, 0.4) is 0 Å². The Kier molecular flexibility index (Phi) is 5.63. The van der Waals surface area contributed by atoms with E-state index in [2.05, 4.69) is 21.2 Å². The molecule has 24 heavy (non-hydrogen) atoms. The first-order valence-corrected chi connectivity index (χ1v) is 9.33. The molecule has 2 aromatic rings. The van der Waals surface area contributed by atoms with Gasteiger partial charge in [0.05, 0.1) is 4.90 Å². The second kappa shape index (κ2) is 7.33. The van der Waals surface area contributed by atoms with E-state index in [4.69, 9.17) is 9.88 Å². The maximum Gasteiger partial charge on any atom is 0.262 e. The highest BCUT2D eigenvalue weighted by molar-refractivity contribution is 9.10. The number of sulfonamides is 1. The lowest BCUT2D eigenvalue weighted by Crippen LogP contribution is -2.20. The van der Waals surface area contributed by atoms with Gasteiger partial charge in [-0.15, -0.1) is 0 Å². The topological polar surface area (TPSA) is 98.5 Å². The van der Waals surface area contributed by atoms with E-state index in [1.165, 1.54) is 24.3 Å². The largest absolute Gasteiger partial charge is 0.483 e. The first-order chi connectivity index (χ1) is 11.2. The highest BCUT2D eigenvalue weighted by atomic mass is 79.9. The van der Waals surface area contributed by atoms with Crippen LogP contribution in [-0.4, -0.2) is 20.9 Å². The van der Waals surface area contributed by atoms with Gasteiger partial charge < -0.3 is 10.1 Å². The van der Waals surface area contributed by atoms with Crippen LogP contribution in [0.2, 0.25) is 0 Å². The second-order valence-electron chi connectivity index (χ2n) is 5.27. The van der Waals surface area contributed by atoms with Crippen molar-refractivity contribution in [2.75, 3.05) is 11.9 Å². The summed E-state index contributed by atoms with van der Waals surface area (Å²) in [5, 5.41) is 7.65. The van der Waals surface area contributed by atoms with Crippen LogP contribution in [-0.2, 0) is 14.8 Å². The molecule has 0 unspecified atom stereocenters. The Morgan fingerprint density at radius 3 is 2.21 bits per heavy atom. The minimum atomic E-state index is -3.75. The number of hydrogen-bond donors (Lipinski definition) is 2. The van der Waals surface area contributed by atoms with E-state index in [0.717, 1.165) is 15.6 Å². The van der Waals surface area contributed by atoms with E-state index >= 15 is 0 Å². The number of anilines is 1. The molecule has 0 aliphatic carbocycles. The van der Waals surface area contributed by atoms with Crippen LogP contribution < -0.4 is 15.2 Å². The Bertz CT molecular complexity index is 841. The summed E-state index contributed by atoms with van der Waals surface area (Å²) < 4.78 is 28.9. The van der Waals surface area contributed by atoms with Crippen LogP contribution in [0.15, 0.2) is 45.8 Å². The predicted octanol–water partition coefficient (Wildman–Crippen LogP) is 2.73. The van der Waals surface area contributed by atoms with Gasteiger partial charge in [0.25, 0.3) is 5.91 Å². The molecular formula is C16H17BrN2O4S. The Morgan fingerprint density at radius 2 is 1.71 bits per heavy atom. The lowest BCUT2D eigenvalue weighted by Gasteiger charge is -2.13. The molecule has 3 N–H and O–H groups in total.